The molecule has 0 saturated carbocycles. The minimum absolute atomic E-state index is 0.207. The van der Waals surface area contributed by atoms with Crippen molar-refractivity contribution >= 4 is 0 Å². The lowest BCUT2D eigenvalue weighted by Crippen LogP contribution is -2.24. The predicted octanol–water partition coefficient (Wildman–Crippen LogP) is 9.76. The molecule has 0 bridgehead atoms. The molecular weight excluding hydrogens is 444 g/mol. The van der Waals surface area contributed by atoms with Crippen LogP contribution in [0.2, 0.25) is 0 Å². The lowest BCUT2D eigenvalue weighted by Gasteiger charge is -2.36. The molecule has 0 radical (unpaired) electrons. The summed E-state index contributed by atoms with van der Waals surface area (Å²) in [4.78, 5) is 0. The van der Waals surface area contributed by atoms with E-state index in [1.165, 1.54) is 36.8 Å². The van der Waals surface area contributed by atoms with Gasteiger partial charge in [-0.3, -0.25) is 0 Å². The van der Waals surface area contributed by atoms with Gasteiger partial charge in [0, 0.05) is 0 Å². The van der Waals surface area contributed by atoms with Gasteiger partial charge in [0.05, 0.1) is 6.61 Å². The van der Waals surface area contributed by atoms with Crippen LogP contribution >= 0.6 is 0 Å². The Morgan fingerprint density at radius 2 is 1.22 bits per heavy atom. The first-order valence-electron chi connectivity index (χ1n) is 14.0. The Hall–Kier alpha value is -2.00. The molecule has 2 aromatic rings. The van der Waals surface area contributed by atoms with Crippen molar-refractivity contribution in [2.75, 3.05) is 13.2 Å². The van der Waals surface area contributed by atoms with Crippen molar-refractivity contribution in [3.05, 3.63) is 59.7 Å². The van der Waals surface area contributed by atoms with Crippen LogP contribution in [0, 0.1) is 10.8 Å². The van der Waals surface area contributed by atoms with Crippen LogP contribution in [0.15, 0.2) is 48.5 Å². The summed E-state index contributed by atoms with van der Waals surface area (Å²) < 4.78 is 17.7. The molecule has 36 heavy (non-hydrogen) atoms. The minimum atomic E-state index is -0.335. The quantitative estimate of drug-likeness (QED) is 0.192. The summed E-state index contributed by atoms with van der Waals surface area (Å²) in [6.45, 7) is 21.4. The molecule has 2 aromatic carbocycles. The number of ether oxygens (including phenoxy) is 3. The van der Waals surface area contributed by atoms with Crippen molar-refractivity contribution in [2.45, 2.75) is 113 Å². The molecule has 0 N–H and O–H groups in total. The van der Waals surface area contributed by atoms with Crippen LogP contribution in [0.5, 0.6) is 11.5 Å². The van der Waals surface area contributed by atoms with Crippen LogP contribution in [0.3, 0.4) is 0 Å². The molecule has 3 nitrogen and oxygen atoms in total. The molecule has 2 rings (SSSR count). The molecule has 0 saturated heterocycles. The minimum Gasteiger partial charge on any atom is -0.491 e. The first-order chi connectivity index (χ1) is 16.9. The molecule has 0 spiro atoms. The van der Waals surface area contributed by atoms with Gasteiger partial charge in [-0.1, -0.05) is 92.5 Å². The fourth-order valence-corrected chi connectivity index (χ4v) is 4.93. The van der Waals surface area contributed by atoms with Crippen LogP contribution in [-0.2, 0) is 4.74 Å². The van der Waals surface area contributed by atoms with E-state index in [0.717, 1.165) is 17.9 Å². The largest absolute Gasteiger partial charge is 0.491 e. The zero-order valence-corrected chi connectivity index (χ0v) is 24.5. The standard InChI is InChI=1S/C33H52O3/c1-10-12-26(13-11-2)27-14-18-29(19-15-27)35-23-22-34-25(3)36-30-20-16-28(17-21-30)31(33(7,8)9)24-32(4,5)6/h14-21,25-26,31H,10-13,22-24H2,1-9H3. The smallest absolute Gasteiger partial charge is 0.197 e. The highest BCUT2D eigenvalue weighted by Crippen LogP contribution is 2.43. The molecule has 3 heteroatoms. The van der Waals surface area contributed by atoms with Crippen molar-refractivity contribution < 1.29 is 14.2 Å². The van der Waals surface area contributed by atoms with Crippen LogP contribution < -0.4 is 9.47 Å². The molecule has 2 unspecified atom stereocenters. The third-order valence-corrected chi connectivity index (χ3v) is 6.78. The number of hydrogen-bond acceptors (Lipinski definition) is 3. The normalized spacial score (nSPS) is 14.1. The summed E-state index contributed by atoms with van der Waals surface area (Å²) in [6.07, 6.45) is 5.75. The molecule has 0 heterocycles. The average Bonchev–Trinajstić information content (AvgIpc) is 2.80. The van der Waals surface area contributed by atoms with Gasteiger partial charge in [-0.2, -0.15) is 0 Å². The highest BCUT2D eigenvalue weighted by Gasteiger charge is 2.30. The van der Waals surface area contributed by atoms with Crippen molar-refractivity contribution in [3.63, 3.8) is 0 Å². The van der Waals surface area contributed by atoms with Gasteiger partial charge >= 0.3 is 0 Å². The first-order valence-corrected chi connectivity index (χ1v) is 14.0. The van der Waals surface area contributed by atoms with E-state index in [4.69, 9.17) is 14.2 Å². The molecule has 0 aromatic heterocycles. The van der Waals surface area contributed by atoms with E-state index in [9.17, 15) is 0 Å². The van der Waals surface area contributed by atoms with Gasteiger partial charge in [-0.25, -0.2) is 0 Å². The Kier molecular flexibility index (Phi) is 11.8. The summed E-state index contributed by atoms with van der Waals surface area (Å²) in [5.41, 5.74) is 3.28. The van der Waals surface area contributed by atoms with E-state index in [1.807, 2.05) is 6.92 Å². The molecule has 0 fully saturated rings. The fraction of sp³-hybridized carbons (Fsp3) is 0.636. The SMILES string of the molecule is CCCC(CCC)c1ccc(OCCOC(C)Oc2ccc(C(CC(C)(C)C)C(C)(C)C)cc2)cc1. The second-order valence-corrected chi connectivity index (χ2v) is 12.5. The maximum Gasteiger partial charge on any atom is 0.197 e. The Morgan fingerprint density at radius 3 is 1.72 bits per heavy atom. The lowest BCUT2D eigenvalue weighted by atomic mass is 9.69. The van der Waals surface area contributed by atoms with Crippen molar-refractivity contribution in [3.8, 4) is 11.5 Å². The second-order valence-electron chi connectivity index (χ2n) is 12.5. The van der Waals surface area contributed by atoms with Gasteiger partial charge in [0.2, 0.25) is 0 Å². The summed E-state index contributed by atoms with van der Waals surface area (Å²) in [5, 5.41) is 0. The van der Waals surface area contributed by atoms with E-state index in [2.05, 4.69) is 104 Å². The van der Waals surface area contributed by atoms with Crippen molar-refractivity contribution in [1.29, 1.82) is 0 Å². The summed E-state index contributed by atoms with van der Waals surface area (Å²) in [5.74, 6) is 2.87. The summed E-state index contributed by atoms with van der Waals surface area (Å²) >= 11 is 0. The highest BCUT2D eigenvalue weighted by molar-refractivity contribution is 5.31. The van der Waals surface area contributed by atoms with Crippen molar-refractivity contribution in [2.24, 2.45) is 10.8 Å². The van der Waals surface area contributed by atoms with Gasteiger partial charge in [0.1, 0.15) is 18.1 Å². The summed E-state index contributed by atoms with van der Waals surface area (Å²) in [6, 6.07) is 17.2. The Bertz CT molecular complexity index is 850. The Morgan fingerprint density at radius 1 is 0.694 bits per heavy atom. The second kappa shape index (κ2) is 14.1. The maximum absolute atomic E-state index is 6.00. The van der Waals surface area contributed by atoms with E-state index >= 15 is 0 Å². The third-order valence-electron chi connectivity index (χ3n) is 6.78. The van der Waals surface area contributed by atoms with E-state index in [0.29, 0.717) is 25.0 Å². The molecule has 202 valence electrons. The maximum atomic E-state index is 6.00. The first kappa shape index (κ1) is 30.2. The lowest BCUT2D eigenvalue weighted by molar-refractivity contribution is -0.0739. The van der Waals surface area contributed by atoms with Crippen molar-refractivity contribution in [1.82, 2.24) is 0 Å². The predicted molar refractivity (Wildman–Crippen MR) is 153 cm³/mol. The Balaban J connectivity index is 1.80. The van der Waals surface area contributed by atoms with Gasteiger partial charge < -0.3 is 14.2 Å². The number of benzene rings is 2. The molecule has 0 aliphatic carbocycles. The average molecular weight is 497 g/mol. The van der Waals surface area contributed by atoms with Gasteiger partial charge in [0.25, 0.3) is 0 Å². The molecule has 0 aliphatic rings. The van der Waals surface area contributed by atoms with Gasteiger partial charge in [-0.15, -0.1) is 0 Å². The topological polar surface area (TPSA) is 27.7 Å². The highest BCUT2D eigenvalue weighted by atomic mass is 16.7. The summed E-state index contributed by atoms with van der Waals surface area (Å²) in [7, 11) is 0. The third kappa shape index (κ3) is 10.5. The van der Waals surface area contributed by atoms with E-state index in [1.54, 1.807) is 0 Å². The van der Waals surface area contributed by atoms with Crippen LogP contribution in [0.4, 0.5) is 0 Å². The molecule has 0 aliphatic heterocycles. The van der Waals surface area contributed by atoms with Crippen LogP contribution in [0.1, 0.15) is 117 Å². The van der Waals surface area contributed by atoms with Gasteiger partial charge in [-0.05, 0) is 84.2 Å². The fourth-order valence-electron chi connectivity index (χ4n) is 4.93. The van der Waals surface area contributed by atoms with E-state index in [-0.39, 0.29) is 17.1 Å². The number of hydrogen-bond donors (Lipinski definition) is 0. The Labute approximate surface area is 221 Å². The van der Waals surface area contributed by atoms with E-state index < -0.39 is 0 Å². The monoisotopic (exact) mass is 496 g/mol. The van der Waals surface area contributed by atoms with Gasteiger partial charge in [0.15, 0.2) is 6.29 Å². The molecule has 0 amide bonds. The van der Waals surface area contributed by atoms with Crippen LogP contribution in [-0.4, -0.2) is 19.5 Å². The molecular formula is C33H52O3. The van der Waals surface area contributed by atoms with Crippen LogP contribution in [0.25, 0.3) is 0 Å². The number of rotatable bonds is 14. The molecule has 2 atom stereocenters. The zero-order chi connectivity index (χ0) is 26.8. The zero-order valence-electron chi connectivity index (χ0n) is 24.5.